The Morgan fingerprint density at radius 1 is 1.36 bits per heavy atom. The molecule has 0 aromatic heterocycles. The van der Waals surface area contributed by atoms with E-state index in [-0.39, 0.29) is 28.8 Å². The maximum atomic E-state index is 12.0. The number of nitrogens with two attached hydrogens (primary N) is 1. The van der Waals surface area contributed by atoms with Crippen LogP contribution in [0.15, 0.2) is 12.1 Å². The molecule has 0 bridgehead atoms. The molecule has 0 saturated heterocycles. The van der Waals surface area contributed by atoms with Crippen LogP contribution in [0.1, 0.15) is 30.6 Å². The van der Waals surface area contributed by atoms with Crippen molar-refractivity contribution in [1.82, 2.24) is 5.32 Å². The molecular weight excluding hydrogens is 308 g/mol. The molecule has 0 saturated carbocycles. The van der Waals surface area contributed by atoms with Crippen molar-refractivity contribution in [3.05, 3.63) is 22.7 Å². The topological polar surface area (TPSA) is 90.7 Å². The summed E-state index contributed by atoms with van der Waals surface area (Å²) in [4.78, 5) is 23.6. The number of esters is 1. The summed E-state index contributed by atoms with van der Waals surface area (Å²) in [5, 5.41) is 2.89. The molecule has 0 aliphatic rings. The molecule has 0 heterocycles. The first-order valence-corrected chi connectivity index (χ1v) is 7.29. The maximum Gasteiger partial charge on any atom is 0.342 e. The number of nitrogen functional groups attached to an aromatic ring is 1. The minimum atomic E-state index is -0.697. The standard InChI is InChI=1S/C15H21ClN2O4/c1-9(2)4-5-18-14(19)8-22-15(20)10-6-11(16)12(17)7-13(10)21-3/h6-7,9H,4-5,8,17H2,1-3H3,(H,18,19). The van der Waals surface area contributed by atoms with E-state index in [1.165, 1.54) is 19.2 Å². The van der Waals surface area contributed by atoms with E-state index in [0.29, 0.717) is 18.2 Å². The van der Waals surface area contributed by atoms with Gasteiger partial charge in [0, 0.05) is 12.6 Å². The van der Waals surface area contributed by atoms with Crippen molar-refractivity contribution in [3.63, 3.8) is 0 Å². The zero-order chi connectivity index (χ0) is 16.7. The highest BCUT2D eigenvalue weighted by molar-refractivity contribution is 6.33. The summed E-state index contributed by atoms with van der Waals surface area (Å²) in [7, 11) is 1.40. The average molecular weight is 329 g/mol. The quantitative estimate of drug-likeness (QED) is 0.591. The minimum absolute atomic E-state index is 0.122. The number of rotatable bonds is 7. The first-order chi connectivity index (χ1) is 10.3. The van der Waals surface area contributed by atoms with Gasteiger partial charge in [0.15, 0.2) is 6.61 Å². The second kappa shape index (κ2) is 8.48. The van der Waals surface area contributed by atoms with E-state index in [2.05, 4.69) is 19.2 Å². The van der Waals surface area contributed by atoms with E-state index in [1.54, 1.807) is 0 Å². The summed E-state index contributed by atoms with van der Waals surface area (Å²) < 4.78 is 10.0. The Balaban J connectivity index is 2.59. The second-order valence-corrected chi connectivity index (χ2v) is 5.59. The lowest BCUT2D eigenvalue weighted by Gasteiger charge is -2.11. The first-order valence-electron chi connectivity index (χ1n) is 6.92. The van der Waals surface area contributed by atoms with Gasteiger partial charge in [-0.15, -0.1) is 0 Å². The molecule has 3 N–H and O–H groups in total. The fourth-order valence-electron chi connectivity index (χ4n) is 1.66. The monoisotopic (exact) mass is 328 g/mol. The van der Waals surface area contributed by atoms with E-state index in [0.717, 1.165) is 6.42 Å². The molecule has 22 heavy (non-hydrogen) atoms. The van der Waals surface area contributed by atoms with E-state index < -0.39 is 5.97 Å². The Kier molecular flexibility index (Phi) is 6.98. The normalized spacial score (nSPS) is 10.4. The van der Waals surface area contributed by atoms with Crippen LogP contribution in [0.4, 0.5) is 5.69 Å². The fraction of sp³-hybridized carbons (Fsp3) is 0.467. The van der Waals surface area contributed by atoms with Crippen molar-refractivity contribution in [2.45, 2.75) is 20.3 Å². The number of hydrogen-bond donors (Lipinski definition) is 2. The number of ether oxygens (including phenoxy) is 2. The van der Waals surface area contributed by atoms with Crippen LogP contribution in [0, 0.1) is 5.92 Å². The lowest BCUT2D eigenvalue weighted by Crippen LogP contribution is -2.30. The third kappa shape index (κ3) is 5.44. The Labute approximate surface area is 134 Å². The van der Waals surface area contributed by atoms with Crippen LogP contribution in [0.2, 0.25) is 5.02 Å². The molecule has 1 aromatic carbocycles. The molecule has 1 aromatic rings. The Bertz CT molecular complexity index is 547. The van der Waals surface area contributed by atoms with Crippen LogP contribution in [0.25, 0.3) is 0 Å². The van der Waals surface area contributed by atoms with Gasteiger partial charge < -0.3 is 20.5 Å². The highest BCUT2D eigenvalue weighted by Crippen LogP contribution is 2.29. The lowest BCUT2D eigenvalue weighted by atomic mass is 10.1. The first kappa shape index (κ1) is 18.1. The number of anilines is 1. The number of amides is 1. The number of halogens is 1. The number of carbonyl (C=O) groups is 2. The summed E-state index contributed by atoms with van der Waals surface area (Å²) in [5.41, 5.74) is 6.05. The zero-order valence-electron chi connectivity index (χ0n) is 12.9. The van der Waals surface area contributed by atoms with Gasteiger partial charge in [-0.3, -0.25) is 4.79 Å². The molecule has 1 amide bonds. The van der Waals surface area contributed by atoms with Crippen LogP contribution in [-0.4, -0.2) is 32.1 Å². The number of hydrogen-bond acceptors (Lipinski definition) is 5. The predicted molar refractivity (Wildman–Crippen MR) is 85.2 cm³/mol. The molecule has 0 fully saturated rings. The van der Waals surface area contributed by atoms with Crippen LogP contribution in [0.5, 0.6) is 5.75 Å². The van der Waals surface area contributed by atoms with E-state index in [9.17, 15) is 9.59 Å². The van der Waals surface area contributed by atoms with Crippen LogP contribution >= 0.6 is 11.6 Å². The molecule has 0 radical (unpaired) electrons. The number of carbonyl (C=O) groups excluding carboxylic acids is 2. The van der Waals surface area contributed by atoms with Crippen molar-refractivity contribution in [1.29, 1.82) is 0 Å². The molecule has 0 atom stereocenters. The molecule has 1 rings (SSSR count). The van der Waals surface area contributed by atoms with Crippen LogP contribution < -0.4 is 15.8 Å². The van der Waals surface area contributed by atoms with Crippen molar-refractivity contribution >= 4 is 29.2 Å². The van der Waals surface area contributed by atoms with Crippen molar-refractivity contribution in [2.24, 2.45) is 5.92 Å². The fourth-order valence-corrected chi connectivity index (χ4v) is 1.82. The van der Waals surface area contributed by atoms with Gasteiger partial charge in [0.05, 0.1) is 17.8 Å². The van der Waals surface area contributed by atoms with Gasteiger partial charge in [0.1, 0.15) is 11.3 Å². The molecule has 122 valence electrons. The van der Waals surface area contributed by atoms with Crippen molar-refractivity contribution in [2.75, 3.05) is 26.0 Å². The van der Waals surface area contributed by atoms with E-state index >= 15 is 0 Å². The van der Waals surface area contributed by atoms with Gasteiger partial charge in [0.2, 0.25) is 0 Å². The van der Waals surface area contributed by atoms with Gasteiger partial charge in [0.25, 0.3) is 5.91 Å². The minimum Gasteiger partial charge on any atom is -0.496 e. The van der Waals surface area contributed by atoms with Crippen molar-refractivity contribution in [3.8, 4) is 5.75 Å². The van der Waals surface area contributed by atoms with Gasteiger partial charge in [-0.25, -0.2) is 4.79 Å². The molecule has 0 spiro atoms. The molecule has 0 aliphatic heterocycles. The van der Waals surface area contributed by atoms with Gasteiger partial charge in [-0.05, 0) is 18.4 Å². The second-order valence-electron chi connectivity index (χ2n) is 5.18. The third-order valence-electron chi connectivity index (χ3n) is 2.92. The molecule has 0 unspecified atom stereocenters. The summed E-state index contributed by atoms with van der Waals surface area (Å²) in [5.74, 6) is -0.316. The zero-order valence-corrected chi connectivity index (χ0v) is 13.7. The summed E-state index contributed by atoms with van der Waals surface area (Å²) in [6.07, 6.45) is 0.862. The van der Waals surface area contributed by atoms with E-state index in [1.807, 2.05) is 0 Å². The number of nitrogens with one attached hydrogen (secondary N) is 1. The molecule has 7 heteroatoms. The molecule has 6 nitrogen and oxygen atoms in total. The summed E-state index contributed by atoms with van der Waals surface area (Å²) >= 11 is 5.88. The molecule has 0 aliphatic carbocycles. The average Bonchev–Trinajstić information content (AvgIpc) is 2.46. The summed E-state index contributed by atoms with van der Waals surface area (Å²) in [6.45, 7) is 4.31. The highest BCUT2D eigenvalue weighted by Gasteiger charge is 2.17. The predicted octanol–water partition coefficient (Wildman–Crippen LogP) is 2.25. The Hall–Kier alpha value is -1.95. The van der Waals surface area contributed by atoms with Gasteiger partial charge in [-0.1, -0.05) is 25.4 Å². The lowest BCUT2D eigenvalue weighted by molar-refractivity contribution is -0.124. The molecular formula is C15H21ClN2O4. The Morgan fingerprint density at radius 3 is 2.64 bits per heavy atom. The number of benzene rings is 1. The van der Waals surface area contributed by atoms with Gasteiger partial charge in [-0.2, -0.15) is 0 Å². The van der Waals surface area contributed by atoms with Crippen LogP contribution in [0.3, 0.4) is 0 Å². The Morgan fingerprint density at radius 2 is 2.05 bits per heavy atom. The maximum absolute atomic E-state index is 12.0. The third-order valence-corrected chi connectivity index (χ3v) is 3.24. The van der Waals surface area contributed by atoms with E-state index in [4.69, 9.17) is 26.8 Å². The van der Waals surface area contributed by atoms with Crippen molar-refractivity contribution < 1.29 is 19.1 Å². The summed E-state index contributed by atoms with van der Waals surface area (Å²) in [6, 6.07) is 2.79. The highest BCUT2D eigenvalue weighted by atomic mass is 35.5. The smallest absolute Gasteiger partial charge is 0.342 e. The SMILES string of the molecule is COc1cc(N)c(Cl)cc1C(=O)OCC(=O)NCCC(C)C. The van der Waals surface area contributed by atoms with Gasteiger partial charge >= 0.3 is 5.97 Å². The largest absolute Gasteiger partial charge is 0.496 e. The van der Waals surface area contributed by atoms with Crippen LogP contribution in [-0.2, 0) is 9.53 Å². The number of methoxy groups -OCH3 is 1.